The van der Waals surface area contributed by atoms with Gasteiger partial charge in [-0.25, -0.2) is 0 Å². The molecule has 21 heavy (non-hydrogen) atoms. The molecule has 0 radical (unpaired) electrons. The molecule has 2 aliphatic rings. The quantitative estimate of drug-likeness (QED) is 0.672. The molecule has 0 N–H and O–H groups in total. The van der Waals surface area contributed by atoms with Crippen LogP contribution >= 0.6 is 0 Å². The molecular formula is C16H32O4Si. The predicted octanol–water partition coefficient (Wildman–Crippen LogP) is 3.68. The van der Waals surface area contributed by atoms with Crippen LogP contribution in [-0.4, -0.2) is 34.4 Å². The number of rotatable bonds is 7. The first-order chi connectivity index (χ1) is 9.95. The summed E-state index contributed by atoms with van der Waals surface area (Å²) in [6.07, 6.45) is 5.29. The molecule has 0 aromatic heterocycles. The van der Waals surface area contributed by atoms with Gasteiger partial charge < -0.3 is 13.3 Å². The van der Waals surface area contributed by atoms with Crippen molar-refractivity contribution >= 4 is 14.6 Å². The Balaban J connectivity index is 0.000000210. The van der Waals surface area contributed by atoms with E-state index < -0.39 is 8.80 Å². The largest absolute Gasteiger partial charge is 0.497 e. The van der Waals surface area contributed by atoms with E-state index >= 15 is 0 Å². The third kappa shape index (κ3) is 5.81. The molecule has 124 valence electrons. The Morgan fingerprint density at radius 2 is 1.52 bits per heavy atom. The molecule has 5 heteroatoms. The van der Waals surface area contributed by atoms with Crippen molar-refractivity contribution in [1.82, 2.24) is 0 Å². The van der Waals surface area contributed by atoms with Gasteiger partial charge in [-0.1, -0.05) is 6.42 Å². The van der Waals surface area contributed by atoms with Crippen LogP contribution in [0, 0.1) is 17.8 Å². The fourth-order valence-electron chi connectivity index (χ4n) is 3.65. The zero-order valence-corrected chi connectivity index (χ0v) is 15.3. The first-order valence-corrected chi connectivity index (χ1v) is 10.6. The number of carbonyl (C=O) groups excluding carboxylic acids is 1. The fourth-order valence-corrected chi connectivity index (χ4v) is 5.48. The van der Waals surface area contributed by atoms with Gasteiger partial charge in [0.25, 0.3) is 0 Å². The van der Waals surface area contributed by atoms with Gasteiger partial charge in [0.2, 0.25) is 0 Å². The molecule has 0 heterocycles. The molecule has 0 amide bonds. The lowest BCUT2D eigenvalue weighted by Gasteiger charge is -2.23. The van der Waals surface area contributed by atoms with Gasteiger partial charge in [-0.15, -0.1) is 0 Å². The lowest BCUT2D eigenvalue weighted by Crippen LogP contribution is -2.42. The van der Waals surface area contributed by atoms with Gasteiger partial charge in [-0.2, -0.15) is 0 Å². The zero-order valence-electron chi connectivity index (χ0n) is 14.3. The Morgan fingerprint density at radius 1 is 1.00 bits per heavy atom. The summed E-state index contributed by atoms with van der Waals surface area (Å²) in [6.45, 7) is 11.5. The molecule has 3 atom stereocenters. The van der Waals surface area contributed by atoms with Crippen molar-refractivity contribution in [2.24, 2.45) is 17.8 Å². The van der Waals surface area contributed by atoms with Crippen molar-refractivity contribution in [3.63, 3.8) is 0 Å². The van der Waals surface area contributed by atoms with E-state index in [0.717, 1.165) is 11.8 Å². The third-order valence-corrected chi connectivity index (χ3v) is 6.92. The van der Waals surface area contributed by atoms with Crippen LogP contribution in [0.4, 0.5) is 0 Å². The Bertz CT molecular complexity index is 304. The predicted molar refractivity (Wildman–Crippen MR) is 86.1 cm³/mol. The van der Waals surface area contributed by atoms with Crippen molar-refractivity contribution < 1.29 is 18.1 Å². The van der Waals surface area contributed by atoms with E-state index in [1.165, 1.54) is 25.7 Å². The second kappa shape index (κ2) is 9.03. The van der Waals surface area contributed by atoms with Gasteiger partial charge in [0.15, 0.2) is 0 Å². The maximum absolute atomic E-state index is 11.0. The third-order valence-electron chi connectivity index (χ3n) is 4.48. The van der Waals surface area contributed by atoms with Gasteiger partial charge in [0.05, 0.1) is 0 Å². The summed E-state index contributed by atoms with van der Waals surface area (Å²) in [5.41, 5.74) is 0. The maximum atomic E-state index is 11.0. The van der Waals surface area contributed by atoms with E-state index in [1.54, 1.807) is 6.92 Å². The van der Waals surface area contributed by atoms with Crippen molar-refractivity contribution in [3.05, 3.63) is 0 Å². The number of hydrogen-bond donors (Lipinski definition) is 0. The van der Waals surface area contributed by atoms with Gasteiger partial charge in [-0.3, -0.25) is 4.79 Å². The standard InChI is InChI=1S/C9H14O.C7H18O3Si/c1-6(10)9-5-7-2-3-8(9)4-7;1-5-8-11(4,9-6-2)10-7-3/h7-9H,2-5H2,1H3;5-7H2,1-4H3. The Labute approximate surface area is 130 Å². The first-order valence-electron chi connectivity index (χ1n) is 8.38. The maximum Gasteiger partial charge on any atom is 0.497 e. The lowest BCUT2D eigenvalue weighted by molar-refractivity contribution is -0.122. The van der Waals surface area contributed by atoms with Crippen molar-refractivity contribution in [2.75, 3.05) is 19.8 Å². The molecule has 0 aliphatic heterocycles. The minimum atomic E-state index is -2.25. The molecule has 2 rings (SSSR count). The van der Waals surface area contributed by atoms with E-state index in [2.05, 4.69) is 0 Å². The van der Waals surface area contributed by atoms with Gasteiger partial charge >= 0.3 is 8.80 Å². The van der Waals surface area contributed by atoms with Gasteiger partial charge in [-0.05, 0) is 58.8 Å². The van der Waals surface area contributed by atoms with Crippen molar-refractivity contribution in [2.45, 2.75) is 59.9 Å². The summed E-state index contributed by atoms with van der Waals surface area (Å²) < 4.78 is 16.2. The van der Waals surface area contributed by atoms with Crippen LogP contribution in [0.2, 0.25) is 6.55 Å². The lowest BCUT2D eigenvalue weighted by atomic mass is 9.86. The molecule has 2 saturated carbocycles. The van der Waals surface area contributed by atoms with E-state index in [0.29, 0.717) is 31.5 Å². The average molecular weight is 317 g/mol. The molecule has 0 aromatic carbocycles. The number of carbonyl (C=O) groups is 1. The highest BCUT2D eigenvalue weighted by Crippen LogP contribution is 2.48. The number of ketones is 1. The Morgan fingerprint density at radius 3 is 1.76 bits per heavy atom. The minimum absolute atomic E-state index is 0.437. The fraction of sp³-hybridized carbons (Fsp3) is 0.938. The van der Waals surface area contributed by atoms with Crippen LogP contribution in [0.25, 0.3) is 0 Å². The Hall–Kier alpha value is -0.233. The van der Waals surface area contributed by atoms with E-state index in [9.17, 15) is 4.79 Å². The van der Waals surface area contributed by atoms with E-state index in [1.807, 2.05) is 27.3 Å². The zero-order chi connectivity index (χ0) is 15.9. The van der Waals surface area contributed by atoms with Gasteiger partial charge in [0.1, 0.15) is 5.78 Å². The SMILES string of the molecule is CC(=O)C1CC2CCC1C2.CCO[Si](C)(OCC)OCC. The smallest absolute Gasteiger partial charge is 0.374 e. The summed E-state index contributed by atoms with van der Waals surface area (Å²) in [5.74, 6) is 2.59. The second-order valence-electron chi connectivity index (χ2n) is 6.05. The summed E-state index contributed by atoms with van der Waals surface area (Å²) in [5, 5.41) is 0. The molecule has 2 bridgehead atoms. The molecule has 4 nitrogen and oxygen atoms in total. The average Bonchev–Trinajstić information content (AvgIpc) is 3.02. The van der Waals surface area contributed by atoms with Crippen molar-refractivity contribution in [3.8, 4) is 0 Å². The van der Waals surface area contributed by atoms with E-state index in [-0.39, 0.29) is 0 Å². The van der Waals surface area contributed by atoms with Gasteiger partial charge in [0, 0.05) is 32.3 Å². The normalized spacial score (nSPS) is 27.4. The minimum Gasteiger partial charge on any atom is -0.374 e. The highest BCUT2D eigenvalue weighted by Gasteiger charge is 2.41. The van der Waals surface area contributed by atoms with Crippen LogP contribution in [-0.2, 0) is 18.1 Å². The van der Waals surface area contributed by atoms with Crippen LogP contribution in [0.3, 0.4) is 0 Å². The van der Waals surface area contributed by atoms with Crippen LogP contribution in [0.15, 0.2) is 0 Å². The van der Waals surface area contributed by atoms with Crippen LogP contribution in [0.5, 0.6) is 0 Å². The summed E-state index contributed by atoms with van der Waals surface area (Å²) in [7, 11) is -2.25. The Kier molecular flexibility index (Phi) is 8.09. The molecule has 2 aliphatic carbocycles. The number of Topliss-reactive ketones (excluding diaryl/α,β-unsaturated/α-hetero) is 1. The summed E-state index contributed by atoms with van der Waals surface area (Å²) in [4.78, 5) is 11.0. The molecule has 0 spiro atoms. The van der Waals surface area contributed by atoms with Crippen LogP contribution in [0.1, 0.15) is 53.4 Å². The molecular weight excluding hydrogens is 284 g/mol. The number of fused-ring (bicyclic) bond motifs is 2. The van der Waals surface area contributed by atoms with E-state index in [4.69, 9.17) is 13.3 Å². The highest BCUT2D eigenvalue weighted by atomic mass is 28.4. The highest BCUT2D eigenvalue weighted by molar-refractivity contribution is 6.59. The molecule has 2 fully saturated rings. The molecule has 0 aromatic rings. The molecule has 0 saturated heterocycles. The second-order valence-corrected chi connectivity index (χ2v) is 8.64. The van der Waals surface area contributed by atoms with Crippen LogP contribution < -0.4 is 0 Å². The number of hydrogen-bond acceptors (Lipinski definition) is 4. The first kappa shape index (κ1) is 18.8. The monoisotopic (exact) mass is 316 g/mol. The topological polar surface area (TPSA) is 44.8 Å². The van der Waals surface area contributed by atoms with Crippen molar-refractivity contribution in [1.29, 1.82) is 0 Å². The summed E-state index contributed by atoms with van der Waals surface area (Å²) in [6, 6.07) is 0. The molecule has 3 unspecified atom stereocenters. The summed E-state index contributed by atoms with van der Waals surface area (Å²) >= 11 is 0.